The highest BCUT2D eigenvalue weighted by Gasteiger charge is 2.30. The van der Waals surface area contributed by atoms with Crippen LogP contribution in [0.1, 0.15) is 55.9 Å². The molecule has 0 radical (unpaired) electrons. The molecule has 0 unspecified atom stereocenters. The molecule has 3 aromatic rings. The summed E-state index contributed by atoms with van der Waals surface area (Å²) in [6.07, 6.45) is 4.06. The van der Waals surface area contributed by atoms with Crippen molar-refractivity contribution in [2.75, 3.05) is 4.72 Å². The minimum absolute atomic E-state index is 0.0298. The van der Waals surface area contributed by atoms with Gasteiger partial charge in [0, 0.05) is 21.2 Å². The van der Waals surface area contributed by atoms with Crippen molar-refractivity contribution in [1.82, 2.24) is 4.98 Å². The predicted octanol–water partition coefficient (Wildman–Crippen LogP) is 7.04. The summed E-state index contributed by atoms with van der Waals surface area (Å²) < 4.78 is 54.0. The summed E-state index contributed by atoms with van der Waals surface area (Å²) in [6, 6.07) is 13.7. The van der Waals surface area contributed by atoms with E-state index in [0.29, 0.717) is 34.1 Å². The SMILES string of the molecule is CCCC(=O)c1nc(NS(=O)(=O)c2ccc(Cl)cc2Cl)ccc1Sc1ccc(S(=O)(=O)C2CCCC2)cc1. The molecule has 1 saturated carbocycles. The van der Waals surface area contributed by atoms with Gasteiger partial charge in [-0.3, -0.25) is 9.52 Å². The number of sulfone groups is 1. The van der Waals surface area contributed by atoms with E-state index in [0.717, 1.165) is 17.7 Å². The number of ketones is 1. The second kappa shape index (κ2) is 12.0. The van der Waals surface area contributed by atoms with Crippen LogP contribution in [0, 0.1) is 0 Å². The van der Waals surface area contributed by atoms with E-state index in [4.69, 9.17) is 23.2 Å². The van der Waals surface area contributed by atoms with Crippen molar-refractivity contribution in [3.8, 4) is 0 Å². The molecule has 202 valence electrons. The largest absolute Gasteiger partial charge is 0.292 e. The Balaban J connectivity index is 1.60. The van der Waals surface area contributed by atoms with Gasteiger partial charge in [-0.25, -0.2) is 21.8 Å². The number of hydrogen-bond acceptors (Lipinski definition) is 7. The molecule has 1 N–H and O–H groups in total. The van der Waals surface area contributed by atoms with Crippen LogP contribution in [0.4, 0.5) is 5.82 Å². The van der Waals surface area contributed by atoms with Crippen LogP contribution in [0.3, 0.4) is 0 Å². The van der Waals surface area contributed by atoms with Crippen LogP contribution in [0.25, 0.3) is 0 Å². The van der Waals surface area contributed by atoms with Crippen LogP contribution in [-0.2, 0) is 19.9 Å². The third kappa shape index (κ3) is 6.54. The lowest BCUT2D eigenvalue weighted by molar-refractivity contribution is 0.0974. The van der Waals surface area contributed by atoms with Crippen molar-refractivity contribution in [3.05, 3.63) is 70.3 Å². The molecule has 2 aromatic carbocycles. The van der Waals surface area contributed by atoms with Crippen molar-refractivity contribution < 1.29 is 21.6 Å². The molecule has 4 rings (SSSR count). The van der Waals surface area contributed by atoms with Gasteiger partial charge in [-0.15, -0.1) is 0 Å². The second-order valence-electron chi connectivity index (χ2n) is 8.92. The number of nitrogens with zero attached hydrogens (tertiary/aromatic N) is 1. The van der Waals surface area contributed by atoms with Crippen molar-refractivity contribution >= 4 is 66.4 Å². The summed E-state index contributed by atoms with van der Waals surface area (Å²) in [7, 11) is -7.46. The van der Waals surface area contributed by atoms with Crippen molar-refractivity contribution in [3.63, 3.8) is 0 Å². The molecule has 1 fully saturated rings. The minimum atomic E-state index is -4.09. The van der Waals surface area contributed by atoms with Gasteiger partial charge in [-0.1, -0.05) is 54.7 Å². The molecule has 0 aliphatic heterocycles. The van der Waals surface area contributed by atoms with Crippen LogP contribution >= 0.6 is 35.0 Å². The molecule has 1 heterocycles. The minimum Gasteiger partial charge on any atom is -0.292 e. The third-order valence-corrected chi connectivity index (χ3v) is 11.6. The van der Waals surface area contributed by atoms with Crippen LogP contribution in [0.15, 0.2) is 74.2 Å². The van der Waals surface area contributed by atoms with Gasteiger partial charge in [0.05, 0.1) is 15.2 Å². The summed E-state index contributed by atoms with van der Waals surface area (Å²) in [5, 5.41) is -0.0783. The quantitative estimate of drug-likeness (QED) is 0.244. The van der Waals surface area contributed by atoms with Crippen LogP contribution in [0.5, 0.6) is 0 Å². The zero-order chi connectivity index (χ0) is 27.5. The first kappa shape index (κ1) is 28.9. The first-order valence-electron chi connectivity index (χ1n) is 12.0. The maximum atomic E-state index is 12.9. The van der Waals surface area contributed by atoms with Gasteiger partial charge in [0.2, 0.25) is 0 Å². The average molecular weight is 614 g/mol. The van der Waals surface area contributed by atoms with E-state index in [1.54, 1.807) is 30.3 Å². The number of aromatic nitrogens is 1. The second-order valence-corrected chi connectivity index (χ2v) is 14.8. The highest BCUT2D eigenvalue weighted by Crippen LogP contribution is 2.35. The molecule has 1 aliphatic rings. The number of halogens is 2. The number of Topliss-reactive ketones (excluding diaryl/α,β-unsaturated/α-hetero) is 1. The van der Waals surface area contributed by atoms with Gasteiger partial charge in [-0.2, -0.15) is 0 Å². The van der Waals surface area contributed by atoms with Crippen molar-refractivity contribution in [2.45, 2.75) is 70.3 Å². The number of rotatable bonds is 10. The smallest absolute Gasteiger partial charge is 0.264 e. The maximum absolute atomic E-state index is 12.9. The predicted molar refractivity (Wildman–Crippen MR) is 151 cm³/mol. The molecule has 0 bridgehead atoms. The Hall–Kier alpha value is -2.11. The summed E-state index contributed by atoms with van der Waals surface area (Å²) in [6.45, 7) is 1.86. The molecule has 1 aliphatic carbocycles. The van der Waals surface area contributed by atoms with Crippen LogP contribution in [-0.4, -0.2) is 32.9 Å². The number of carbonyl (C=O) groups is 1. The summed E-state index contributed by atoms with van der Waals surface area (Å²) >= 11 is 13.2. The zero-order valence-corrected chi connectivity index (χ0v) is 24.4. The first-order valence-corrected chi connectivity index (χ1v) is 16.7. The lowest BCUT2D eigenvalue weighted by Crippen LogP contribution is -2.17. The number of pyridine rings is 1. The number of hydrogen-bond donors (Lipinski definition) is 1. The van der Waals surface area contributed by atoms with Gasteiger partial charge in [-0.05, 0) is 73.9 Å². The van der Waals surface area contributed by atoms with Crippen molar-refractivity contribution in [2.24, 2.45) is 0 Å². The highest BCUT2D eigenvalue weighted by atomic mass is 35.5. The summed E-state index contributed by atoms with van der Waals surface area (Å²) in [4.78, 5) is 18.6. The monoisotopic (exact) mass is 612 g/mol. The van der Waals surface area contributed by atoms with E-state index in [-0.39, 0.29) is 38.9 Å². The Morgan fingerprint density at radius 2 is 1.68 bits per heavy atom. The Kier molecular flexibility index (Phi) is 9.09. The molecular formula is C26H26Cl2N2O5S3. The number of benzene rings is 2. The molecule has 38 heavy (non-hydrogen) atoms. The van der Waals surface area contributed by atoms with Crippen LogP contribution < -0.4 is 4.72 Å². The third-order valence-electron chi connectivity index (χ3n) is 6.14. The molecule has 0 atom stereocenters. The zero-order valence-electron chi connectivity index (χ0n) is 20.5. The van der Waals surface area contributed by atoms with E-state index < -0.39 is 19.9 Å². The molecule has 0 amide bonds. The fraction of sp³-hybridized carbons (Fsp3) is 0.308. The number of carbonyl (C=O) groups excluding carboxylic acids is 1. The Morgan fingerprint density at radius 3 is 2.32 bits per heavy atom. The lowest BCUT2D eigenvalue weighted by Gasteiger charge is -2.13. The van der Waals surface area contributed by atoms with E-state index >= 15 is 0 Å². The summed E-state index contributed by atoms with van der Waals surface area (Å²) in [5.74, 6) is -0.265. The van der Waals surface area contributed by atoms with Gasteiger partial charge in [0.25, 0.3) is 10.0 Å². The van der Waals surface area contributed by atoms with Crippen molar-refractivity contribution in [1.29, 1.82) is 0 Å². The molecule has 0 spiro atoms. The molecule has 12 heteroatoms. The standard InChI is InChI=1S/C26H26Cl2N2O5S3/c1-2-5-22(31)26-23(36-18-9-11-20(12-10-18)37(32,33)19-6-3-4-7-19)13-15-25(29-26)30-38(34,35)24-14-8-17(27)16-21(24)28/h8-16,19H,2-7H2,1H3,(H,29,30). The van der Waals surface area contributed by atoms with E-state index in [2.05, 4.69) is 9.71 Å². The lowest BCUT2D eigenvalue weighted by atomic mass is 10.1. The molecule has 0 saturated heterocycles. The van der Waals surface area contributed by atoms with Gasteiger partial charge >= 0.3 is 0 Å². The van der Waals surface area contributed by atoms with E-state index in [1.165, 1.54) is 36.0 Å². The van der Waals surface area contributed by atoms with Gasteiger partial charge in [0.1, 0.15) is 16.4 Å². The average Bonchev–Trinajstić information content (AvgIpc) is 3.41. The van der Waals surface area contributed by atoms with Gasteiger partial charge < -0.3 is 0 Å². The van der Waals surface area contributed by atoms with Crippen LogP contribution in [0.2, 0.25) is 10.0 Å². The fourth-order valence-corrected chi connectivity index (χ4v) is 8.78. The van der Waals surface area contributed by atoms with Gasteiger partial charge in [0.15, 0.2) is 15.6 Å². The molecule has 7 nitrogen and oxygen atoms in total. The van der Waals surface area contributed by atoms with E-state index in [9.17, 15) is 21.6 Å². The maximum Gasteiger partial charge on any atom is 0.264 e. The number of nitrogens with one attached hydrogen (secondary N) is 1. The first-order chi connectivity index (χ1) is 18.0. The number of sulfonamides is 1. The fourth-order valence-electron chi connectivity index (χ4n) is 4.23. The number of anilines is 1. The summed E-state index contributed by atoms with van der Waals surface area (Å²) in [5.41, 5.74) is 0.127. The highest BCUT2D eigenvalue weighted by molar-refractivity contribution is 7.99. The normalized spacial score (nSPS) is 14.5. The Labute approximate surface area is 237 Å². The topological polar surface area (TPSA) is 110 Å². The Morgan fingerprint density at radius 1 is 1.00 bits per heavy atom. The molecular weight excluding hydrogens is 587 g/mol. The molecule has 1 aromatic heterocycles. The van der Waals surface area contributed by atoms with E-state index in [1.807, 2.05) is 6.92 Å². The Bertz CT molecular complexity index is 1550.